The molecule has 37 heavy (non-hydrogen) atoms. The van der Waals surface area contributed by atoms with Crippen LogP contribution in [-0.2, 0) is 44.4 Å². The number of aldehydes is 2. The quantitative estimate of drug-likeness (QED) is 0.164. The van der Waals surface area contributed by atoms with Gasteiger partial charge in [0.05, 0.1) is 18.0 Å². The van der Waals surface area contributed by atoms with Gasteiger partial charge in [0.1, 0.15) is 12.6 Å². The maximum Gasteiger partial charge on any atom is 1.00 e. The summed E-state index contributed by atoms with van der Waals surface area (Å²) >= 11 is -2.38. The van der Waals surface area contributed by atoms with Gasteiger partial charge in [-0.3, -0.25) is 0 Å². The van der Waals surface area contributed by atoms with Gasteiger partial charge in [-0.25, -0.2) is 4.21 Å². The van der Waals surface area contributed by atoms with Gasteiger partial charge in [0.15, 0.2) is 0 Å². The Morgan fingerprint density at radius 1 is 0.649 bits per heavy atom. The van der Waals surface area contributed by atoms with Crippen molar-refractivity contribution < 1.29 is 52.1 Å². The normalized spacial score (nSPS) is 10.5. The van der Waals surface area contributed by atoms with Crippen LogP contribution in [0.2, 0.25) is 0 Å². The molecule has 0 bridgehead atoms. The molecular formula is C30H37NaO5S. The van der Waals surface area contributed by atoms with Crippen molar-refractivity contribution in [1.82, 2.24) is 0 Å². The molecule has 5 nitrogen and oxygen atoms in total. The average Bonchev–Trinajstić information content (AvgIpc) is 2.88. The molecule has 0 saturated heterocycles. The Labute approximate surface area is 246 Å². The third kappa shape index (κ3) is 18.9. The third-order valence-electron chi connectivity index (χ3n) is 5.25. The van der Waals surface area contributed by atoms with Crippen LogP contribution in [-0.4, -0.2) is 27.9 Å². The standard InChI is InChI=1S/C10H14O3S.2C10H12O.Na/c1-9-4-6-10(7-5-9)3-2-8-13-14(11)12;2*1-9-4-6-10(7-5-9)3-2-8-11;/h4-7H,2-3,8H2,1H3,(H,11,12);2*4-8H,2-3H2,1H3;/q;;;+1/p-1. The molecule has 1 unspecified atom stereocenters. The third-order valence-corrected chi connectivity index (χ3v) is 5.61. The summed E-state index contributed by atoms with van der Waals surface area (Å²) in [5.74, 6) is 0. The van der Waals surface area contributed by atoms with Crippen LogP contribution >= 0.6 is 0 Å². The predicted molar refractivity (Wildman–Crippen MR) is 145 cm³/mol. The topological polar surface area (TPSA) is 83.5 Å². The van der Waals surface area contributed by atoms with Crippen LogP contribution in [0.1, 0.15) is 52.6 Å². The van der Waals surface area contributed by atoms with E-state index in [4.69, 9.17) is 0 Å². The first-order valence-corrected chi connectivity index (χ1v) is 13.1. The molecule has 0 spiro atoms. The monoisotopic (exact) mass is 532 g/mol. The number of carbonyl (C=O) groups excluding carboxylic acids is 2. The maximum absolute atomic E-state index is 10.0. The van der Waals surface area contributed by atoms with E-state index in [1.54, 1.807) is 0 Å². The molecule has 3 aromatic rings. The van der Waals surface area contributed by atoms with Crippen LogP contribution in [0, 0.1) is 20.8 Å². The van der Waals surface area contributed by atoms with Crippen LogP contribution in [0.3, 0.4) is 0 Å². The molecule has 194 valence electrons. The van der Waals surface area contributed by atoms with E-state index in [0.717, 1.165) is 38.3 Å². The van der Waals surface area contributed by atoms with Gasteiger partial charge in [0.2, 0.25) is 0 Å². The van der Waals surface area contributed by atoms with Crippen molar-refractivity contribution in [2.75, 3.05) is 6.61 Å². The first-order chi connectivity index (χ1) is 17.3. The van der Waals surface area contributed by atoms with E-state index in [-0.39, 0.29) is 36.2 Å². The Balaban J connectivity index is 0.000000524. The van der Waals surface area contributed by atoms with Gasteiger partial charge >= 0.3 is 29.6 Å². The largest absolute Gasteiger partial charge is 1.00 e. The number of aryl methyl sites for hydroxylation is 6. The summed E-state index contributed by atoms with van der Waals surface area (Å²) in [6.07, 6.45) is 6.47. The summed E-state index contributed by atoms with van der Waals surface area (Å²) in [4.78, 5) is 20.1. The van der Waals surface area contributed by atoms with Crippen molar-refractivity contribution in [2.24, 2.45) is 0 Å². The second-order valence-electron chi connectivity index (χ2n) is 8.50. The molecule has 0 saturated carbocycles. The van der Waals surface area contributed by atoms with Crippen LogP contribution in [0.4, 0.5) is 0 Å². The summed E-state index contributed by atoms with van der Waals surface area (Å²) < 4.78 is 24.5. The fourth-order valence-corrected chi connectivity index (χ4v) is 3.37. The first-order valence-electron chi connectivity index (χ1n) is 12.1. The van der Waals surface area contributed by atoms with Crippen molar-refractivity contribution in [3.8, 4) is 0 Å². The second-order valence-corrected chi connectivity index (χ2v) is 9.14. The van der Waals surface area contributed by atoms with E-state index < -0.39 is 11.4 Å². The molecule has 3 aromatic carbocycles. The Kier molecular flexibility index (Phi) is 20.9. The fraction of sp³-hybridized carbons (Fsp3) is 0.333. The van der Waals surface area contributed by atoms with Crippen LogP contribution < -0.4 is 29.6 Å². The number of hydrogen-bond acceptors (Lipinski definition) is 5. The fourth-order valence-electron chi connectivity index (χ4n) is 3.12. The number of hydrogen-bond donors (Lipinski definition) is 0. The summed E-state index contributed by atoms with van der Waals surface area (Å²) in [6.45, 7) is 6.41. The smallest absolute Gasteiger partial charge is 0.750 e. The summed E-state index contributed by atoms with van der Waals surface area (Å²) in [5.41, 5.74) is 7.44. The number of rotatable bonds is 11. The SMILES string of the molecule is Cc1ccc(CCC=O)cc1.Cc1ccc(CCC=O)cc1.Cc1ccc(CCCOS(=O)[O-])cc1.[Na+]. The minimum Gasteiger partial charge on any atom is -0.750 e. The van der Waals surface area contributed by atoms with Gasteiger partial charge in [-0.15, -0.1) is 0 Å². The van der Waals surface area contributed by atoms with E-state index in [0.29, 0.717) is 12.8 Å². The first kappa shape index (κ1) is 35.1. The zero-order chi connectivity index (χ0) is 26.6. The summed E-state index contributed by atoms with van der Waals surface area (Å²) in [5, 5.41) is 0. The van der Waals surface area contributed by atoms with E-state index >= 15 is 0 Å². The van der Waals surface area contributed by atoms with Gasteiger partial charge in [-0.05, 0) is 63.1 Å². The maximum atomic E-state index is 10.0. The second kappa shape index (κ2) is 22.1. The van der Waals surface area contributed by atoms with E-state index in [1.165, 1.54) is 33.4 Å². The molecule has 0 radical (unpaired) electrons. The molecule has 0 aromatic heterocycles. The zero-order valence-electron chi connectivity index (χ0n) is 22.5. The molecule has 3 rings (SSSR count). The van der Waals surface area contributed by atoms with Gasteiger partial charge in [-0.2, -0.15) is 0 Å². The van der Waals surface area contributed by atoms with Gasteiger partial charge in [0.25, 0.3) is 0 Å². The Morgan fingerprint density at radius 3 is 1.27 bits per heavy atom. The molecule has 1 atom stereocenters. The van der Waals surface area contributed by atoms with Gasteiger partial charge in [0, 0.05) is 12.8 Å². The molecule has 0 heterocycles. The Morgan fingerprint density at radius 2 is 0.973 bits per heavy atom. The zero-order valence-corrected chi connectivity index (χ0v) is 25.3. The summed E-state index contributed by atoms with van der Waals surface area (Å²) in [6, 6.07) is 24.7. The van der Waals surface area contributed by atoms with Crippen molar-refractivity contribution >= 4 is 23.9 Å². The molecule has 0 aliphatic carbocycles. The average molecular weight is 533 g/mol. The van der Waals surface area contributed by atoms with Crippen molar-refractivity contribution in [3.05, 3.63) is 106 Å². The van der Waals surface area contributed by atoms with Gasteiger partial charge < -0.3 is 18.3 Å². The van der Waals surface area contributed by atoms with E-state index in [9.17, 15) is 18.4 Å². The Hall–Kier alpha value is -1.93. The van der Waals surface area contributed by atoms with Gasteiger partial charge in [-0.1, -0.05) is 89.5 Å². The summed E-state index contributed by atoms with van der Waals surface area (Å²) in [7, 11) is 0. The van der Waals surface area contributed by atoms with Crippen LogP contribution in [0.5, 0.6) is 0 Å². The molecule has 0 amide bonds. The predicted octanol–water partition coefficient (Wildman–Crippen LogP) is 3.00. The minimum absolute atomic E-state index is 0. The van der Waals surface area contributed by atoms with E-state index in [2.05, 4.69) is 66.6 Å². The van der Waals surface area contributed by atoms with Crippen LogP contribution in [0.25, 0.3) is 0 Å². The molecule has 0 fully saturated rings. The van der Waals surface area contributed by atoms with Crippen molar-refractivity contribution in [1.29, 1.82) is 0 Å². The Bertz CT molecular complexity index is 966. The van der Waals surface area contributed by atoms with Crippen molar-refractivity contribution in [2.45, 2.75) is 59.3 Å². The van der Waals surface area contributed by atoms with Crippen LogP contribution in [0.15, 0.2) is 72.8 Å². The molecule has 7 heteroatoms. The van der Waals surface area contributed by atoms with Crippen molar-refractivity contribution in [3.63, 3.8) is 0 Å². The van der Waals surface area contributed by atoms with E-state index in [1.807, 2.05) is 31.2 Å². The molecule has 0 aliphatic rings. The number of benzene rings is 3. The number of carbonyl (C=O) groups is 2. The molecular weight excluding hydrogens is 495 g/mol. The molecule has 0 aliphatic heterocycles. The molecule has 0 N–H and O–H groups in total. The minimum atomic E-state index is -2.38.